The smallest absolute Gasteiger partial charge is 0.326 e. The zero-order valence-corrected chi connectivity index (χ0v) is 29.9. The summed E-state index contributed by atoms with van der Waals surface area (Å²) in [7, 11) is 0. The number of carbonyl (C=O) groups excluding carboxylic acids is 4. The van der Waals surface area contributed by atoms with Crippen molar-refractivity contribution in [2.45, 2.75) is 122 Å². The number of carboxylic acid groups (broad SMARTS) is 2. The van der Waals surface area contributed by atoms with Gasteiger partial charge in [-0.3, -0.25) is 24.0 Å². The van der Waals surface area contributed by atoms with Gasteiger partial charge in [-0.2, -0.15) is 0 Å². The van der Waals surface area contributed by atoms with E-state index >= 15 is 0 Å². The molecule has 3 amide bonds. The maximum Gasteiger partial charge on any atom is 0.326 e. The molecule has 0 rings (SSSR count). The quantitative estimate of drug-likeness (QED) is 0.0583. The first-order valence-corrected chi connectivity index (χ1v) is 18.2. The third-order valence-electron chi connectivity index (χ3n) is 7.61. The number of ether oxygens (including phenoxy) is 4. The van der Waals surface area contributed by atoms with Crippen LogP contribution in [0.25, 0.3) is 0 Å². The lowest BCUT2D eigenvalue weighted by atomic mass is 10.0. The van der Waals surface area contributed by atoms with E-state index in [1.54, 1.807) is 6.29 Å². The van der Waals surface area contributed by atoms with Gasteiger partial charge in [0.05, 0.1) is 39.6 Å². The first-order chi connectivity index (χ1) is 24.3. The minimum atomic E-state index is -1.18. The standard InChI is InChI=1S/C35H62N3O12/c39-21-24-49-26-25-47-23-20-37-33(42)29-50-28-27-48-22-19-36-31(40)18-17-30(35(45)46)38-32(41)15-13-11-9-7-5-3-1-2-4-6-8-10-12-14-16-34(43)44/h30H,1-20,22-29H2,(H,36,40)(H,37,42)(H,38,41)(H,43,44)(H,45,46). The lowest BCUT2D eigenvalue weighted by Gasteiger charge is -2.14. The second-order valence-corrected chi connectivity index (χ2v) is 12.0. The summed E-state index contributed by atoms with van der Waals surface area (Å²) >= 11 is 0. The van der Waals surface area contributed by atoms with E-state index in [1.165, 1.54) is 44.9 Å². The normalized spacial score (nSPS) is 11.5. The Hall–Kier alpha value is -3.14. The van der Waals surface area contributed by atoms with E-state index in [9.17, 15) is 33.9 Å². The molecule has 0 aliphatic carbocycles. The predicted octanol–water partition coefficient (Wildman–Crippen LogP) is 3.07. The highest BCUT2D eigenvalue weighted by molar-refractivity contribution is 5.84. The van der Waals surface area contributed by atoms with Gasteiger partial charge in [0.1, 0.15) is 19.3 Å². The number of aliphatic carboxylic acids is 2. The summed E-state index contributed by atoms with van der Waals surface area (Å²) in [5.41, 5.74) is 0. The summed E-state index contributed by atoms with van der Waals surface area (Å²) in [6.45, 7) is 1.80. The van der Waals surface area contributed by atoms with Gasteiger partial charge in [-0.25, -0.2) is 4.79 Å². The van der Waals surface area contributed by atoms with Crippen molar-refractivity contribution in [3.63, 3.8) is 0 Å². The van der Waals surface area contributed by atoms with Gasteiger partial charge in [-0.15, -0.1) is 0 Å². The number of carboxylic acids is 2. The van der Waals surface area contributed by atoms with Crippen molar-refractivity contribution in [2.75, 3.05) is 65.9 Å². The first-order valence-electron chi connectivity index (χ1n) is 18.2. The molecule has 0 spiro atoms. The molecule has 0 aliphatic rings. The average Bonchev–Trinajstić information content (AvgIpc) is 3.08. The Balaban J connectivity index is 3.66. The molecule has 0 aromatic heterocycles. The van der Waals surface area contributed by atoms with Crippen LogP contribution in [0.1, 0.15) is 116 Å². The van der Waals surface area contributed by atoms with Crippen LogP contribution in [0.3, 0.4) is 0 Å². The van der Waals surface area contributed by atoms with E-state index in [-0.39, 0.29) is 89.6 Å². The first kappa shape index (κ1) is 46.9. The van der Waals surface area contributed by atoms with Crippen molar-refractivity contribution in [2.24, 2.45) is 0 Å². The van der Waals surface area contributed by atoms with Crippen molar-refractivity contribution in [1.82, 2.24) is 16.0 Å². The maximum absolute atomic E-state index is 12.3. The van der Waals surface area contributed by atoms with Crippen LogP contribution in [0.5, 0.6) is 0 Å². The summed E-state index contributed by atoms with van der Waals surface area (Å²) in [6.07, 6.45) is 17.2. The van der Waals surface area contributed by atoms with Gasteiger partial charge in [0.2, 0.25) is 24.0 Å². The van der Waals surface area contributed by atoms with Crippen molar-refractivity contribution in [1.29, 1.82) is 0 Å². The molecule has 15 nitrogen and oxygen atoms in total. The molecular formula is C35H62N3O12. The molecule has 0 fully saturated rings. The lowest BCUT2D eigenvalue weighted by Crippen LogP contribution is -2.41. The van der Waals surface area contributed by atoms with Gasteiger partial charge >= 0.3 is 11.9 Å². The Labute approximate surface area is 297 Å². The number of unbranched alkanes of at least 4 members (excludes halogenated alkanes) is 13. The van der Waals surface area contributed by atoms with Crippen LogP contribution in [-0.4, -0.2) is 118 Å². The summed E-state index contributed by atoms with van der Waals surface area (Å²) in [5.74, 6) is -2.86. The molecule has 1 radical (unpaired) electrons. The third-order valence-corrected chi connectivity index (χ3v) is 7.61. The molecule has 0 saturated heterocycles. The number of hydrogen-bond acceptors (Lipinski definition) is 10. The molecule has 0 aromatic rings. The van der Waals surface area contributed by atoms with Gasteiger partial charge in [-0.1, -0.05) is 77.0 Å². The van der Waals surface area contributed by atoms with Gasteiger partial charge in [0, 0.05) is 32.4 Å². The van der Waals surface area contributed by atoms with E-state index in [2.05, 4.69) is 16.0 Å². The zero-order valence-electron chi connectivity index (χ0n) is 29.9. The van der Waals surface area contributed by atoms with E-state index in [4.69, 9.17) is 24.1 Å². The average molecular weight is 717 g/mol. The molecule has 0 saturated carbocycles. The molecule has 5 N–H and O–H groups in total. The van der Waals surface area contributed by atoms with Crippen LogP contribution in [0, 0.1) is 0 Å². The van der Waals surface area contributed by atoms with Gasteiger partial charge in [0.25, 0.3) is 0 Å². The van der Waals surface area contributed by atoms with E-state index < -0.39 is 18.0 Å². The van der Waals surface area contributed by atoms with Crippen molar-refractivity contribution in [3.05, 3.63) is 0 Å². The number of amides is 3. The molecule has 0 heterocycles. The van der Waals surface area contributed by atoms with Gasteiger partial charge in [0.15, 0.2) is 0 Å². The fourth-order valence-corrected chi connectivity index (χ4v) is 4.87. The molecule has 0 aromatic carbocycles. The Bertz CT molecular complexity index is 906. The van der Waals surface area contributed by atoms with E-state index in [1.807, 2.05) is 0 Å². The maximum atomic E-state index is 12.3. The summed E-state index contributed by atoms with van der Waals surface area (Å²) < 4.78 is 20.7. The summed E-state index contributed by atoms with van der Waals surface area (Å²) in [4.78, 5) is 68.1. The van der Waals surface area contributed by atoms with Crippen LogP contribution in [0.2, 0.25) is 0 Å². The van der Waals surface area contributed by atoms with E-state index in [0.717, 1.165) is 38.5 Å². The van der Waals surface area contributed by atoms with Crippen LogP contribution in [-0.2, 0) is 47.7 Å². The van der Waals surface area contributed by atoms with Crippen LogP contribution in [0.15, 0.2) is 0 Å². The second-order valence-electron chi connectivity index (χ2n) is 12.0. The fourth-order valence-electron chi connectivity index (χ4n) is 4.87. The fraction of sp³-hybridized carbons (Fsp3) is 0.829. The van der Waals surface area contributed by atoms with Gasteiger partial charge in [-0.05, 0) is 19.3 Å². The highest BCUT2D eigenvalue weighted by Crippen LogP contribution is 2.14. The Morgan fingerprint density at radius 2 is 0.980 bits per heavy atom. The van der Waals surface area contributed by atoms with E-state index in [0.29, 0.717) is 26.2 Å². The molecule has 15 heteroatoms. The third kappa shape index (κ3) is 34.7. The molecule has 1 unspecified atom stereocenters. The van der Waals surface area contributed by atoms with Crippen LogP contribution < -0.4 is 16.0 Å². The zero-order chi connectivity index (χ0) is 36.9. The molecule has 1 atom stereocenters. The van der Waals surface area contributed by atoms with Crippen molar-refractivity contribution in [3.8, 4) is 0 Å². The minimum absolute atomic E-state index is 0.0166. The minimum Gasteiger partial charge on any atom is -0.481 e. The van der Waals surface area contributed by atoms with Gasteiger partial charge < -0.3 is 45.1 Å². The van der Waals surface area contributed by atoms with Crippen molar-refractivity contribution < 1.29 is 57.9 Å². The molecule has 0 bridgehead atoms. The summed E-state index contributed by atoms with van der Waals surface area (Å²) in [5, 5.41) is 25.9. The molecular weight excluding hydrogens is 654 g/mol. The number of rotatable bonds is 38. The highest BCUT2D eigenvalue weighted by atomic mass is 16.5. The summed E-state index contributed by atoms with van der Waals surface area (Å²) in [6, 6.07) is -1.13. The Kier molecular flexibility index (Phi) is 33.4. The largest absolute Gasteiger partial charge is 0.481 e. The molecule has 50 heavy (non-hydrogen) atoms. The molecule has 0 aliphatic heterocycles. The Morgan fingerprint density at radius 1 is 0.520 bits per heavy atom. The predicted molar refractivity (Wildman–Crippen MR) is 185 cm³/mol. The second kappa shape index (κ2) is 35.7. The Morgan fingerprint density at radius 3 is 1.48 bits per heavy atom. The lowest BCUT2D eigenvalue weighted by molar-refractivity contribution is -0.142. The monoisotopic (exact) mass is 716 g/mol. The van der Waals surface area contributed by atoms with Crippen molar-refractivity contribution >= 4 is 35.9 Å². The number of carbonyl (C=O) groups is 5. The SMILES string of the molecule is O=[C]COCCOCCNC(=O)COCCOCCNC(=O)CCC(NC(=O)CCCCCCCCCCCCCCCCC(=O)O)C(=O)O. The topological polar surface area (TPSA) is 216 Å². The number of hydrogen-bond donors (Lipinski definition) is 5. The van der Waals surface area contributed by atoms with Crippen LogP contribution >= 0.6 is 0 Å². The number of nitrogens with one attached hydrogen (secondary N) is 3. The molecule has 289 valence electrons. The van der Waals surface area contributed by atoms with Crippen LogP contribution in [0.4, 0.5) is 0 Å². The highest BCUT2D eigenvalue weighted by Gasteiger charge is 2.20.